The van der Waals surface area contributed by atoms with Crippen molar-refractivity contribution in [2.75, 3.05) is 13.7 Å². The number of aliphatic hydroxyl groups excluding tert-OH is 1. The zero-order valence-corrected chi connectivity index (χ0v) is 30.7. The fourth-order valence-corrected chi connectivity index (χ4v) is 8.91. The Balaban J connectivity index is 1.16. The number of aromatic nitrogens is 2. The molecule has 5 heteroatoms. The lowest BCUT2D eigenvalue weighted by Crippen LogP contribution is -2.30. The smallest absolute Gasteiger partial charge is 0.160 e. The van der Waals surface area contributed by atoms with Crippen molar-refractivity contribution >= 4 is 11.6 Å². The number of hydrogen-bond donors (Lipinski definition) is 1. The minimum atomic E-state index is -0.602. The van der Waals surface area contributed by atoms with Crippen LogP contribution in [-0.2, 0) is 11.2 Å². The summed E-state index contributed by atoms with van der Waals surface area (Å²) in [6.45, 7) is 5.22. The van der Waals surface area contributed by atoms with E-state index in [9.17, 15) is 5.11 Å². The highest BCUT2D eigenvalue weighted by atomic mass is 16.5. The second kappa shape index (κ2) is 15.2. The lowest BCUT2D eigenvalue weighted by atomic mass is 9.62. The zero-order valence-electron chi connectivity index (χ0n) is 30.7. The van der Waals surface area contributed by atoms with Crippen LogP contribution >= 0.6 is 0 Å². The number of benzene rings is 3. The topological polar surface area (TPSA) is 64.5 Å². The van der Waals surface area contributed by atoms with E-state index in [2.05, 4.69) is 98.8 Å². The molecule has 1 N–H and O–H groups in total. The van der Waals surface area contributed by atoms with Crippen molar-refractivity contribution in [1.29, 1.82) is 0 Å². The van der Waals surface area contributed by atoms with Crippen LogP contribution in [0.2, 0.25) is 0 Å². The fraction of sp³-hybridized carbons (Fsp3) is 0.362. The Hall–Kier alpha value is -4.58. The van der Waals surface area contributed by atoms with Gasteiger partial charge in [-0.1, -0.05) is 130 Å². The van der Waals surface area contributed by atoms with Crippen LogP contribution in [0, 0.1) is 11.8 Å². The second-order valence-electron chi connectivity index (χ2n) is 14.9. The number of rotatable bonds is 12. The van der Waals surface area contributed by atoms with Crippen LogP contribution in [0.1, 0.15) is 92.2 Å². The number of para-hydroxylation sites is 1. The van der Waals surface area contributed by atoms with Crippen LogP contribution in [0.25, 0.3) is 34.3 Å². The molecule has 0 amide bonds. The van der Waals surface area contributed by atoms with E-state index in [4.69, 9.17) is 19.4 Å². The molecule has 0 saturated heterocycles. The van der Waals surface area contributed by atoms with Gasteiger partial charge in [0.2, 0.25) is 0 Å². The molecule has 52 heavy (non-hydrogen) atoms. The number of aryl methyl sites for hydroxylation is 1. The van der Waals surface area contributed by atoms with Crippen LogP contribution in [0.15, 0.2) is 109 Å². The van der Waals surface area contributed by atoms with Gasteiger partial charge in [0, 0.05) is 34.9 Å². The minimum absolute atomic E-state index is 0.0902. The maximum absolute atomic E-state index is 11.6. The Kier molecular flexibility index (Phi) is 10.1. The molecule has 1 aromatic heterocycles. The monoisotopic (exact) mass is 690 g/mol. The zero-order chi connectivity index (χ0) is 35.6. The summed E-state index contributed by atoms with van der Waals surface area (Å²) in [5.74, 6) is 2.55. The molecule has 4 aromatic rings. The predicted molar refractivity (Wildman–Crippen MR) is 211 cm³/mol. The van der Waals surface area contributed by atoms with E-state index in [1.807, 2.05) is 24.3 Å². The summed E-state index contributed by atoms with van der Waals surface area (Å²) in [4.78, 5) is 10.4. The van der Waals surface area contributed by atoms with E-state index in [1.165, 1.54) is 52.7 Å². The molecule has 0 aliphatic heterocycles. The van der Waals surface area contributed by atoms with Crippen LogP contribution in [-0.4, -0.2) is 41.0 Å². The molecule has 0 fully saturated rings. The molecule has 0 saturated carbocycles. The largest absolute Gasteiger partial charge is 0.496 e. The van der Waals surface area contributed by atoms with Crippen molar-refractivity contribution in [1.82, 2.24) is 9.97 Å². The van der Waals surface area contributed by atoms with Gasteiger partial charge in [-0.2, -0.15) is 0 Å². The fourth-order valence-electron chi connectivity index (χ4n) is 8.91. The Bertz CT molecular complexity index is 2040. The van der Waals surface area contributed by atoms with Crippen molar-refractivity contribution in [2.45, 2.75) is 82.8 Å². The van der Waals surface area contributed by atoms with Crippen molar-refractivity contribution in [2.24, 2.45) is 11.8 Å². The minimum Gasteiger partial charge on any atom is -0.496 e. The first kappa shape index (κ1) is 34.5. The van der Waals surface area contributed by atoms with E-state index < -0.39 is 6.10 Å². The van der Waals surface area contributed by atoms with Gasteiger partial charge in [-0.25, -0.2) is 9.97 Å². The Morgan fingerprint density at radius 1 is 0.904 bits per heavy atom. The summed E-state index contributed by atoms with van der Waals surface area (Å²) in [5, 5.41) is 11.6. The lowest BCUT2D eigenvalue weighted by Gasteiger charge is -2.41. The second-order valence-corrected chi connectivity index (χ2v) is 14.9. The highest BCUT2D eigenvalue weighted by molar-refractivity contribution is 5.85. The van der Waals surface area contributed by atoms with Gasteiger partial charge in [-0.05, 0) is 71.1 Å². The van der Waals surface area contributed by atoms with E-state index in [0.717, 1.165) is 54.1 Å². The standard InChI is InChI=1S/C47H50N2O3/c1-4-6-12-30(5-2)29-52-34-21-26-40(43(50)27-34)42-28-41(48-47(49-42)33-13-8-7-9-14-33)36-23-18-32-19-24-38-35(37-15-10-11-16-44(37)51-3)22-17-31-20-25-39(36)46(32)45(31)38/h7-11,13-18,20-23,25-26,28,30,34,38,40,43,45,50H,4-6,12,19,24,27,29H2,1-3H3. The average molecular weight is 691 g/mol. The first-order valence-corrected chi connectivity index (χ1v) is 19.4. The molecule has 5 nitrogen and oxygen atoms in total. The third kappa shape index (κ3) is 6.61. The Morgan fingerprint density at radius 3 is 2.56 bits per heavy atom. The molecule has 0 radical (unpaired) electrons. The molecule has 3 aromatic carbocycles. The van der Waals surface area contributed by atoms with E-state index >= 15 is 0 Å². The number of allylic oxidation sites excluding steroid dienone is 5. The highest BCUT2D eigenvalue weighted by Crippen LogP contribution is 2.55. The average Bonchev–Trinajstić information content (AvgIpc) is 3.20. The summed E-state index contributed by atoms with van der Waals surface area (Å²) in [6, 6.07) is 25.3. The van der Waals surface area contributed by atoms with Crippen LogP contribution in [0.3, 0.4) is 0 Å². The summed E-state index contributed by atoms with van der Waals surface area (Å²) in [6.07, 6.45) is 20.2. The Morgan fingerprint density at radius 2 is 1.75 bits per heavy atom. The third-order valence-corrected chi connectivity index (χ3v) is 11.8. The first-order chi connectivity index (χ1) is 25.6. The molecule has 4 aliphatic carbocycles. The number of ether oxygens (including phenoxy) is 2. The SMILES string of the molecule is CCCCC(CC)COC1C=CC(c2cc(-c3ccc4c5c3C=CC3=CC=C(c6ccccc6OC)C(CC4)C35)nc(-c3ccccc3)n2)C(O)C1. The predicted octanol–water partition coefficient (Wildman–Crippen LogP) is 10.5. The number of aliphatic hydroxyl groups is 1. The van der Waals surface area contributed by atoms with Gasteiger partial charge < -0.3 is 14.6 Å². The van der Waals surface area contributed by atoms with Gasteiger partial charge in [-0.15, -0.1) is 0 Å². The van der Waals surface area contributed by atoms with Crippen molar-refractivity contribution in [3.63, 3.8) is 0 Å². The van der Waals surface area contributed by atoms with Crippen LogP contribution < -0.4 is 4.74 Å². The summed E-state index contributed by atoms with van der Waals surface area (Å²) < 4.78 is 12.2. The maximum Gasteiger partial charge on any atom is 0.160 e. The van der Waals surface area contributed by atoms with Gasteiger partial charge in [-0.3, -0.25) is 0 Å². The van der Waals surface area contributed by atoms with Gasteiger partial charge >= 0.3 is 0 Å². The molecule has 0 bridgehead atoms. The quantitative estimate of drug-likeness (QED) is 0.150. The molecule has 266 valence electrons. The summed E-state index contributed by atoms with van der Waals surface area (Å²) >= 11 is 0. The summed E-state index contributed by atoms with van der Waals surface area (Å²) in [7, 11) is 1.76. The number of hydrogen-bond acceptors (Lipinski definition) is 5. The normalized spacial score (nSPS) is 23.4. The maximum atomic E-state index is 11.6. The van der Waals surface area contributed by atoms with Crippen LogP contribution in [0.5, 0.6) is 5.75 Å². The molecular formula is C47H50N2O3. The van der Waals surface area contributed by atoms with Gasteiger partial charge in [0.05, 0.1) is 37.3 Å². The van der Waals surface area contributed by atoms with E-state index in [0.29, 0.717) is 24.1 Å². The van der Waals surface area contributed by atoms with E-state index in [1.54, 1.807) is 7.11 Å². The van der Waals surface area contributed by atoms with Gasteiger partial charge in [0.15, 0.2) is 5.82 Å². The van der Waals surface area contributed by atoms with Gasteiger partial charge in [0.1, 0.15) is 5.75 Å². The lowest BCUT2D eigenvalue weighted by molar-refractivity contribution is 0.0101. The first-order valence-electron chi connectivity index (χ1n) is 19.4. The highest BCUT2D eigenvalue weighted by Gasteiger charge is 2.40. The van der Waals surface area contributed by atoms with E-state index in [-0.39, 0.29) is 17.9 Å². The molecule has 0 spiro atoms. The third-order valence-electron chi connectivity index (χ3n) is 11.8. The number of unbranched alkanes of at least 4 members (excludes halogenated alkanes) is 1. The van der Waals surface area contributed by atoms with Crippen molar-refractivity contribution in [3.8, 4) is 28.4 Å². The molecule has 1 heterocycles. The van der Waals surface area contributed by atoms with Crippen molar-refractivity contribution < 1.29 is 14.6 Å². The van der Waals surface area contributed by atoms with Crippen molar-refractivity contribution in [3.05, 3.63) is 137 Å². The Labute approximate surface area is 308 Å². The summed E-state index contributed by atoms with van der Waals surface area (Å²) in [5.41, 5.74) is 11.8. The van der Waals surface area contributed by atoms with Gasteiger partial charge in [0.25, 0.3) is 0 Å². The molecular weight excluding hydrogens is 641 g/mol. The number of nitrogens with zero attached hydrogens (tertiary/aromatic N) is 2. The molecule has 6 unspecified atom stereocenters. The molecule has 4 aliphatic rings. The number of methoxy groups -OCH3 is 1. The molecule has 8 rings (SSSR count). The molecule has 6 atom stereocenters. The van der Waals surface area contributed by atoms with Crippen LogP contribution in [0.4, 0.5) is 0 Å².